The van der Waals surface area contributed by atoms with Crippen LogP contribution in [0, 0.1) is 5.82 Å². The minimum atomic E-state index is -0.274. The van der Waals surface area contributed by atoms with Gasteiger partial charge in [-0.2, -0.15) is 0 Å². The van der Waals surface area contributed by atoms with Crippen LogP contribution in [-0.2, 0) is 6.54 Å². The molecular weight excluding hydrogens is 405 g/mol. The molecule has 0 radical (unpaired) electrons. The molecule has 25 heavy (non-hydrogen) atoms. The zero-order valence-electron chi connectivity index (χ0n) is 12.8. The minimum Gasteiger partial charge on any atom is -0.253 e. The number of benzene rings is 1. The molecule has 0 atom stereocenters. The number of aromatic nitrogens is 5. The van der Waals surface area contributed by atoms with Crippen molar-refractivity contribution < 1.29 is 4.39 Å². The fourth-order valence-corrected chi connectivity index (χ4v) is 3.25. The van der Waals surface area contributed by atoms with E-state index >= 15 is 0 Å². The first-order valence-corrected chi connectivity index (χ1v) is 9.13. The van der Waals surface area contributed by atoms with Crippen molar-refractivity contribution in [1.29, 1.82) is 0 Å². The number of pyridine rings is 1. The highest BCUT2D eigenvalue weighted by molar-refractivity contribution is 9.10. The first-order chi connectivity index (χ1) is 12.2. The normalized spacial score (nSPS) is 11.0. The highest BCUT2D eigenvalue weighted by Gasteiger charge is 2.17. The van der Waals surface area contributed by atoms with E-state index in [1.165, 1.54) is 17.4 Å². The van der Waals surface area contributed by atoms with Gasteiger partial charge in [-0.25, -0.2) is 19.0 Å². The van der Waals surface area contributed by atoms with Gasteiger partial charge in [0.05, 0.1) is 12.1 Å². The fourth-order valence-electron chi connectivity index (χ4n) is 2.39. The van der Waals surface area contributed by atoms with Gasteiger partial charge in [0.1, 0.15) is 17.2 Å². The van der Waals surface area contributed by atoms with Gasteiger partial charge in [-0.05, 0) is 18.2 Å². The van der Waals surface area contributed by atoms with Crippen LogP contribution in [0.3, 0.4) is 0 Å². The molecule has 4 rings (SSSR count). The maximum absolute atomic E-state index is 14.0. The molecule has 0 fully saturated rings. The number of halogens is 2. The molecule has 0 spiro atoms. The lowest BCUT2D eigenvalue weighted by molar-refractivity contribution is 0.587. The zero-order chi connectivity index (χ0) is 17.2. The third kappa shape index (κ3) is 3.35. The molecule has 3 aromatic heterocycles. The van der Waals surface area contributed by atoms with Crippen LogP contribution in [0.15, 0.2) is 58.0 Å². The third-order valence-corrected chi connectivity index (χ3v) is 4.64. The lowest BCUT2D eigenvalue weighted by Crippen LogP contribution is -2.06. The monoisotopic (exact) mass is 415 g/mol. The van der Waals surface area contributed by atoms with Crippen LogP contribution in [0.5, 0.6) is 0 Å². The van der Waals surface area contributed by atoms with Gasteiger partial charge in [0.25, 0.3) is 0 Å². The van der Waals surface area contributed by atoms with Crippen LogP contribution in [0.4, 0.5) is 4.39 Å². The third-order valence-electron chi connectivity index (χ3n) is 3.56. The van der Waals surface area contributed by atoms with E-state index in [0.29, 0.717) is 28.6 Å². The summed E-state index contributed by atoms with van der Waals surface area (Å²) in [6, 6.07) is 10.3. The minimum absolute atomic E-state index is 0.264. The average Bonchev–Trinajstić information content (AvgIpc) is 3.26. The lowest BCUT2D eigenvalue weighted by Gasteiger charge is -2.05. The van der Waals surface area contributed by atoms with Gasteiger partial charge in [-0.1, -0.05) is 34.1 Å². The standard InChI is InChI=1S/C17H11BrFN5S/c18-12-5-6-20-14(7-12)16-22-17(15-9-25-10-21-15)24(23-16)8-11-3-1-2-4-13(11)19/h1-7,9-10H,8H2. The van der Waals surface area contributed by atoms with Crippen LogP contribution in [0.2, 0.25) is 0 Å². The van der Waals surface area contributed by atoms with Gasteiger partial charge in [-0.15, -0.1) is 16.4 Å². The van der Waals surface area contributed by atoms with Crippen LogP contribution < -0.4 is 0 Å². The molecule has 0 aliphatic carbocycles. The maximum atomic E-state index is 14.0. The Kier molecular flexibility index (Phi) is 4.37. The summed E-state index contributed by atoms with van der Waals surface area (Å²) in [6.07, 6.45) is 1.68. The summed E-state index contributed by atoms with van der Waals surface area (Å²) in [5, 5.41) is 6.42. The number of nitrogens with zero attached hydrogens (tertiary/aromatic N) is 5. The molecule has 1 aromatic carbocycles. The molecule has 8 heteroatoms. The zero-order valence-corrected chi connectivity index (χ0v) is 15.2. The van der Waals surface area contributed by atoms with Gasteiger partial charge < -0.3 is 0 Å². The quantitative estimate of drug-likeness (QED) is 0.495. The van der Waals surface area contributed by atoms with E-state index in [1.54, 1.807) is 34.6 Å². The van der Waals surface area contributed by atoms with Crippen molar-refractivity contribution in [2.45, 2.75) is 6.54 Å². The van der Waals surface area contributed by atoms with Crippen molar-refractivity contribution in [2.75, 3.05) is 0 Å². The van der Waals surface area contributed by atoms with E-state index < -0.39 is 0 Å². The Morgan fingerprint density at radius 1 is 1.12 bits per heavy atom. The summed E-state index contributed by atoms with van der Waals surface area (Å²) in [6.45, 7) is 0.264. The van der Waals surface area contributed by atoms with Crippen LogP contribution >= 0.6 is 27.3 Å². The molecule has 5 nitrogen and oxygen atoms in total. The summed E-state index contributed by atoms with van der Waals surface area (Å²) in [4.78, 5) is 13.2. The van der Waals surface area contributed by atoms with Crippen molar-refractivity contribution in [1.82, 2.24) is 24.7 Å². The molecule has 124 valence electrons. The molecule has 0 aliphatic rings. The van der Waals surface area contributed by atoms with E-state index in [1.807, 2.05) is 17.5 Å². The molecule has 0 amide bonds. The molecule has 0 N–H and O–H groups in total. The summed E-state index contributed by atoms with van der Waals surface area (Å²) < 4.78 is 16.6. The number of hydrogen-bond donors (Lipinski definition) is 0. The highest BCUT2D eigenvalue weighted by atomic mass is 79.9. The maximum Gasteiger partial charge on any atom is 0.200 e. The van der Waals surface area contributed by atoms with Gasteiger partial charge >= 0.3 is 0 Å². The van der Waals surface area contributed by atoms with E-state index in [4.69, 9.17) is 0 Å². The van der Waals surface area contributed by atoms with E-state index in [2.05, 4.69) is 36.0 Å². The average molecular weight is 416 g/mol. The number of hydrogen-bond acceptors (Lipinski definition) is 5. The Balaban J connectivity index is 1.80. The summed E-state index contributed by atoms with van der Waals surface area (Å²) in [5.41, 5.74) is 3.61. The van der Waals surface area contributed by atoms with Crippen molar-refractivity contribution >= 4 is 27.3 Å². The molecule has 0 saturated heterocycles. The van der Waals surface area contributed by atoms with Gasteiger partial charge in [0, 0.05) is 21.6 Å². The smallest absolute Gasteiger partial charge is 0.200 e. The SMILES string of the molecule is Fc1ccccc1Cn1nc(-c2cc(Br)ccn2)nc1-c1cscn1. The Labute approximate surface area is 155 Å². The van der Waals surface area contributed by atoms with Crippen LogP contribution in [-0.4, -0.2) is 24.7 Å². The molecule has 0 aliphatic heterocycles. The van der Waals surface area contributed by atoms with Crippen molar-refractivity contribution in [3.05, 3.63) is 69.3 Å². The second kappa shape index (κ2) is 6.81. The van der Waals surface area contributed by atoms with E-state index in [0.717, 1.165) is 4.47 Å². The largest absolute Gasteiger partial charge is 0.253 e. The number of thiazole rings is 1. The van der Waals surface area contributed by atoms with Gasteiger partial charge in [-0.3, -0.25) is 4.98 Å². The van der Waals surface area contributed by atoms with Crippen molar-refractivity contribution in [3.8, 4) is 23.0 Å². The van der Waals surface area contributed by atoms with Crippen molar-refractivity contribution in [2.24, 2.45) is 0 Å². The first kappa shape index (κ1) is 16.0. The predicted octanol–water partition coefficient (Wildman–Crippen LogP) is 4.41. The van der Waals surface area contributed by atoms with Crippen molar-refractivity contribution in [3.63, 3.8) is 0 Å². The Morgan fingerprint density at radius 3 is 2.76 bits per heavy atom. The molecule has 3 heterocycles. The Morgan fingerprint density at radius 2 is 2.00 bits per heavy atom. The molecule has 0 bridgehead atoms. The Bertz CT molecular complexity index is 1020. The number of rotatable bonds is 4. The molecule has 4 aromatic rings. The first-order valence-electron chi connectivity index (χ1n) is 7.39. The fraction of sp³-hybridized carbons (Fsp3) is 0.0588. The van der Waals surface area contributed by atoms with Gasteiger partial charge in [0.15, 0.2) is 11.6 Å². The van der Waals surface area contributed by atoms with E-state index in [9.17, 15) is 4.39 Å². The second-order valence-electron chi connectivity index (χ2n) is 5.24. The topological polar surface area (TPSA) is 56.5 Å². The highest BCUT2D eigenvalue weighted by Crippen LogP contribution is 2.24. The van der Waals surface area contributed by atoms with E-state index in [-0.39, 0.29) is 12.4 Å². The molecular formula is C17H11BrFN5S. The predicted molar refractivity (Wildman–Crippen MR) is 97.6 cm³/mol. The Hall–Kier alpha value is -2.45. The van der Waals surface area contributed by atoms with Crippen LogP contribution in [0.1, 0.15) is 5.56 Å². The van der Waals surface area contributed by atoms with Gasteiger partial charge in [0.2, 0.25) is 0 Å². The summed E-state index contributed by atoms with van der Waals surface area (Å²) in [7, 11) is 0. The second-order valence-corrected chi connectivity index (χ2v) is 6.88. The molecule has 0 unspecified atom stereocenters. The summed E-state index contributed by atoms with van der Waals surface area (Å²) >= 11 is 4.89. The van der Waals surface area contributed by atoms with Crippen LogP contribution in [0.25, 0.3) is 23.0 Å². The lowest BCUT2D eigenvalue weighted by atomic mass is 10.2. The summed E-state index contributed by atoms with van der Waals surface area (Å²) in [5.74, 6) is 0.784. The molecule has 0 saturated carbocycles.